The summed E-state index contributed by atoms with van der Waals surface area (Å²) in [7, 11) is 0. The van der Waals surface area contributed by atoms with E-state index in [2.05, 4.69) is 15.5 Å². The van der Waals surface area contributed by atoms with Crippen LogP contribution >= 0.6 is 11.6 Å². The number of ketones is 1. The largest absolute Gasteiger partial charge is 0.410 e. The molecule has 0 amide bonds. The minimum absolute atomic E-state index is 0.123. The van der Waals surface area contributed by atoms with Gasteiger partial charge in [0.25, 0.3) is 0 Å². The van der Waals surface area contributed by atoms with Gasteiger partial charge in [0.05, 0.1) is 0 Å². The molecule has 0 bridgehead atoms. The average Bonchev–Trinajstić information content (AvgIpc) is 2.85. The first-order valence-electron chi connectivity index (χ1n) is 6.82. The van der Waals surface area contributed by atoms with Gasteiger partial charge in [-0.3, -0.25) is 4.79 Å². The highest BCUT2D eigenvalue weighted by atomic mass is 35.5. The lowest BCUT2D eigenvalue weighted by molar-refractivity contribution is -0.109. The number of hydrogen-bond acceptors (Lipinski definition) is 5. The van der Waals surface area contributed by atoms with Crippen LogP contribution in [0.25, 0.3) is 6.08 Å². The van der Waals surface area contributed by atoms with E-state index in [0.717, 1.165) is 5.56 Å². The molecule has 0 radical (unpaired) electrons. The Balaban J connectivity index is 1.92. The lowest BCUT2D eigenvalue weighted by atomic mass is 10.1. The maximum Gasteiger partial charge on any atom is 0.237 e. The summed E-state index contributed by atoms with van der Waals surface area (Å²) in [5.74, 6) is -0.241. The Morgan fingerprint density at radius 3 is 2.43 bits per heavy atom. The van der Waals surface area contributed by atoms with Crippen LogP contribution in [0.1, 0.15) is 5.56 Å². The van der Waals surface area contributed by atoms with Gasteiger partial charge in [-0.05, 0) is 35.9 Å². The molecule has 1 aliphatic heterocycles. The van der Waals surface area contributed by atoms with Crippen LogP contribution in [-0.2, 0) is 4.79 Å². The third-order valence-electron chi connectivity index (χ3n) is 3.21. The number of oxime groups is 1. The van der Waals surface area contributed by atoms with Gasteiger partial charge in [0.1, 0.15) is 5.70 Å². The number of benzene rings is 2. The summed E-state index contributed by atoms with van der Waals surface area (Å²) in [6.07, 6.45) is 1.64. The summed E-state index contributed by atoms with van der Waals surface area (Å²) in [5, 5.41) is 15.7. The molecular weight excluding hydrogens is 314 g/mol. The van der Waals surface area contributed by atoms with Crippen molar-refractivity contribution in [3.05, 3.63) is 70.9 Å². The molecule has 2 aromatic carbocycles. The van der Waals surface area contributed by atoms with Crippen LogP contribution in [-0.4, -0.2) is 22.5 Å². The second-order valence-corrected chi connectivity index (χ2v) is 5.25. The van der Waals surface area contributed by atoms with Crippen LogP contribution < -0.4 is 5.32 Å². The van der Waals surface area contributed by atoms with Crippen LogP contribution in [0, 0.1) is 0 Å². The smallest absolute Gasteiger partial charge is 0.237 e. The Hall–Kier alpha value is -2.92. The maximum atomic E-state index is 12.3. The Kier molecular flexibility index (Phi) is 4.21. The highest BCUT2D eigenvalue weighted by Gasteiger charge is 2.30. The summed E-state index contributed by atoms with van der Waals surface area (Å²) >= 11 is 5.84. The number of nitrogens with one attached hydrogen (secondary N) is 1. The maximum absolute atomic E-state index is 12.3. The van der Waals surface area contributed by atoms with Gasteiger partial charge in [-0.25, -0.2) is 4.99 Å². The molecule has 2 aromatic rings. The van der Waals surface area contributed by atoms with Gasteiger partial charge >= 0.3 is 0 Å². The molecule has 3 rings (SSSR count). The predicted octanol–water partition coefficient (Wildman–Crippen LogP) is 3.60. The van der Waals surface area contributed by atoms with Crippen molar-refractivity contribution < 1.29 is 10.0 Å². The first kappa shape index (κ1) is 15.0. The molecule has 1 heterocycles. The number of carbonyl (C=O) groups excluding carboxylic acids is 1. The SMILES string of the molecule is O=C1/C(=C/c2ccccc2)N=C(Nc2ccc(Cl)cc2)/C1=N/O. The molecule has 6 heteroatoms. The lowest BCUT2D eigenvalue weighted by Crippen LogP contribution is -2.24. The molecule has 0 spiro atoms. The Morgan fingerprint density at radius 2 is 1.78 bits per heavy atom. The Bertz CT molecular complexity index is 825. The van der Waals surface area contributed by atoms with E-state index in [1.807, 2.05) is 30.3 Å². The molecule has 0 saturated carbocycles. The van der Waals surface area contributed by atoms with E-state index < -0.39 is 5.78 Å². The molecule has 0 aromatic heterocycles. The molecule has 0 atom stereocenters. The topological polar surface area (TPSA) is 74.0 Å². The fourth-order valence-corrected chi connectivity index (χ4v) is 2.23. The van der Waals surface area contributed by atoms with Crippen LogP contribution in [0.3, 0.4) is 0 Å². The normalized spacial score (nSPS) is 17.6. The Morgan fingerprint density at radius 1 is 1.09 bits per heavy atom. The van der Waals surface area contributed by atoms with E-state index in [-0.39, 0.29) is 17.2 Å². The zero-order valence-corrected chi connectivity index (χ0v) is 12.7. The van der Waals surface area contributed by atoms with E-state index in [1.54, 1.807) is 30.3 Å². The lowest BCUT2D eigenvalue weighted by Gasteiger charge is -2.04. The zero-order valence-electron chi connectivity index (χ0n) is 11.9. The number of amidine groups is 1. The molecule has 1 aliphatic rings. The number of Topliss-reactive ketones (excluding diaryl/α,β-unsaturated/α-hetero) is 1. The van der Waals surface area contributed by atoms with Gasteiger partial charge in [-0.2, -0.15) is 0 Å². The predicted molar refractivity (Wildman–Crippen MR) is 91.2 cm³/mol. The Labute approximate surface area is 137 Å². The van der Waals surface area contributed by atoms with E-state index in [4.69, 9.17) is 16.8 Å². The zero-order chi connectivity index (χ0) is 16.2. The molecular formula is C17H12ClN3O2. The van der Waals surface area contributed by atoms with Crippen molar-refractivity contribution in [1.82, 2.24) is 0 Å². The summed E-state index contributed by atoms with van der Waals surface area (Å²) in [4.78, 5) is 16.5. The summed E-state index contributed by atoms with van der Waals surface area (Å²) in [6, 6.07) is 16.2. The van der Waals surface area contributed by atoms with Crippen molar-refractivity contribution in [3.8, 4) is 0 Å². The number of carbonyl (C=O) groups is 1. The van der Waals surface area contributed by atoms with Crippen molar-refractivity contribution in [2.75, 3.05) is 5.32 Å². The quantitative estimate of drug-likeness (QED) is 0.503. The first-order chi connectivity index (χ1) is 11.2. The number of anilines is 1. The highest BCUT2D eigenvalue weighted by molar-refractivity contribution is 6.74. The van der Waals surface area contributed by atoms with Crippen LogP contribution in [0.15, 0.2) is 70.4 Å². The fraction of sp³-hybridized carbons (Fsp3) is 0. The van der Waals surface area contributed by atoms with E-state index in [0.29, 0.717) is 10.7 Å². The standard InChI is InChI=1S/C17H12ClN3O2/c18-12-6-8-13(9-7-12)19-17-15(21-23)16(22)14(20-17)10-11-4-2-1-3-5-11/h1-10,23H,(H,19,20)/b14-10-,21-15+. The second kappa shape index (κ2) is 6.46. The van der Waals surface area contributed by atoms with Crippen LogP contribution in [0.5, 0.6) is 0 Å². The van der Waals surface area contributed by atoms with Gasteiger partial charge in [-0.15, -0.1) is 0 Å². The molecule has 0 saturated heterocycles. The fourth-order valence-electron chi connectivity index (χ4n) is 2.11. The third kappa shape index (κ3) is 3.30. The summed E-state index contributed by atoms with van der Waals surface area (Å²) in [6.45, 7) is 0. The van der Waals surface area contributed by atoms with E-state index in [9.17, 15) is 4.79 Å². The molecule has 0 fully saturated rings. The number of allylic oxidation sites excluding steroid dienone is 1. The molecule has 0 aliphatic carbocycles. The number of rotatable bonds is 2. The van der Waals surface area contributed by atoms with Crippen molar-refractivity contribution >= 4 is 40.7 Å². The van der Waals surface area contributed by atoms with E-state index in [1.165, 1.54) is 0 Å². The van der Waals surface area contributed by atoms with Crippen LogP contribution in [0.4, 0.5) is 5.69 Å². The summed E-state index contributed by atoms with van der Waals surface area (Å²) < 4.78 is 0. The number of nitrogens with zero attached hydrogens (tertiary/aromatic N) is 2. The van der Waals surface area contributed by atoms with Crippen LogP contribution in [0.2, 0.25) is 5.02 Å². The van der Waals surface area contributed by atoms with Gasteiger partial charge in [0.2, 0.25) is 5.78 Å². The number of aliphatic imine (C=N–C) groups is 1. The molecule has 5 nitrogen and oxygen atoms in total. The molecule has 0 unspecified atom stereocenters. The van der Waals surface area contributed by atoms with Crippen molar-refractivity contribution in [3.63, 3.8) is 0 Å². The van der Waals surface area contributed by atoms with Gasteiger partial charge in [0.15, 0.2) is 11.5 Å². The first-order valence-corrected chi connectivity index (χ1v) is 7.20. The van der Waals surface area contributed by atoms with Crippen molar-refractivity contribution in [1.29, 1.82) is 0 Å². The van der Waals surface area contributed by atoms with Gasteiger partial charge < -0.3 is 10.5 Å². The summed E-state index contributed by atoms with van der Waals surface area (Å²) in [5.41, 5.74) is 1.61. The van der Waals surface area contributed by atoms with Gasteiger partial charge in [0, 0.05) is 10.7 Å². The van der Waals surface area contributed by atoms with Crippen molar-refractivity contribution in [2.24, 2.45) is 10.1 Å². The minimum Gasteiger partial charge on any atom is -0.410 e. The third-order valence-corrected chi connectivity index (χ3v) is 3.47. The van der Waals surface area contributed by atoms with Gasteiger partial charge in [-0.1, -0.05) is 47.1 Å². The van der Waals surface area contributed by atoms with E-state index >= 15 is 0 Å². The molecule has 23 heavy (non-hydrogen) atoms. The number of halogens is 1. The minimum atomic E-state index is -0.437. The highest BCUT2D eigenvalue weighted by Crippen LogP contribution is 2.19. The number of hydrogen-bond donors (Lipinski definition) is 2. The van der Waals surface area contributed by atoms with Crippen molar-refractivity contribution in [2.45, 2.75) is 0 Å². The molecule has 2 N–H and O–H groups in total. The molecule has 114 valence electrons. The second-order valence-electron chi connectivity index (χ2n) is 4.81. The monoisotopic (exact) mass is 325 g/mol. The average molecular weight is 326 g/mol.